The van der Waals surface area contributed by atoms with Crippen LogP contribution in [0.25, 0.3) is 0 Å². The Balaban J connectivity index is 2.07. The van der Waals surface area contributed by atoms with Crippen molar-refractivity contribution in [2.75, 3.05) is 11.9 Å². The van der Waals surface area contributed by atoms with E-state index >= 15 is 0 Å². The number of amides is 1. The molecule has 1 aliphatic rings. The molecule has 0 bridgehead atoms. The highest BCUT2D eigenvalue weighted by Gasteiger charge is 2.33. The number of carbonyl (C=O) groups excluding carboxylic acids is 1. The second-order valence-corrected chi connectivity index (χ2v) is 5.11. The molecule has 3 rings (SSSR count). The summed E-state index contributed by atoms with van der Waals surface area (Å²) in [7, 11) is 0. The summed E-state index contributed by atoms with van der Waals surface area (Å²) in [6.45, 7) is 2.59. The van der Waals surface area contributed by atoms with Crippen molar-refractivity contribution in [2.45, 2.75) is 19.5 Å². The fraction of sp³-hybridized carbons (Fsp3) is 0.235. The number of hydrogen-bond donors (Lipinski definition) is 1. The molecule has 0 aromatic heterocycles. The first-order chi connectivity index (χ1) is 10.2. The monoisotopic (exact) mass is 284 g/mol. The van der Waals surface area contributed by atoms with Crippen LogP contribution in [0.15, 0.2) is 48.5 Å². The lowest BCUT2D eigenvalue weighted by molar-refractivity contribution is 0.0680. The average molecular weight is 284 g/mol. The molecule has 0 saturated heterocycles. The molecule has 0 saturated carbocycles. The minimum atomic E-state index is -0.464. The fourth-order valence-electron chi connectivity index (χ4n) is 2.71. The standard InChI is InChI=1S/C17H17FN2O/c1-2-11-20-16(12-7-3-5-9-14(12)18)19-15-10-6-4-8-13(15)17(20)21/h3-10,16,19H,2,11H2,1H3/t16-/m1/s1. The van der Waals surface area contributed by atoms with E-state index in [-0.39, 0.29) is 11.7 Å². The van der Waals surface area contributed by atoms with Crippen LogP contribution in [-0.4, -0.2) is 17.4 Å². The molecule has 1 aliphatic heterocycles. The Labute approximate surface area is 123 Å². The maximum absolute atomic E-state index is 14.1. The SMILES string of the molecule is CCCN1C(=O)c2ccccc2N[C@H]1c1ccccc1F. The third kappa shape index (κ3) is 2.37. The first kappa shape index (κ1) is 13.6. The fourth-order valence-corrected chi connectivity index (χ4v) is 2.71. The molecule has 1 atom stereocenters. The van der Waals surface area contributed by atoms with Gasteiger partial charge in [0.2, 0.25) is 0 Å². The number of hydrogen-bond acceptors (Lipinski definition) is 2. The van der Waals surface area contributed by atoms with Crippen LogP contribution in [0.4, 0.5) is 10.1 Å². The van der Waals surface area contributed by atoms with Gasteiger partial charge in [-0.1, -0.05) is 37.3 Å². The van der Waals surface area contributed by atoms with Gasteiger partial charge in [-0.2, -0.15) is 0 Å². The van der Waals surface area contributed by atoms with Crippen LogP contribution < -0.4 is 5.32 Å². The van der Waals surface area contributed by atoms with Crippen LogP contribution in [-0.2, 0) is 0 Å². The lowest BCUT2D eigenvalue weighted by Gasteiger charge is -2.38. The smallest absolute Gasteiger partial charge is 0.257 e. The molecule has 0 aliphatic carbocycles. The molecule has 1 heterocycles. The summed E-state index contributed by atoms with van der Waals surface area (Å²) in [5.41, 5.74) is 1.88. The van der Waals surface area contributed by atoms with Crippen LogP contribution >= 0.6 is 0 Å². The molecule has 0 fully saturated rings. The van der Waals surface area contributed by atoms with E-state index in [0.29, 0.717) is 17.7 Å². The Morgan fingerprint density at radius 1 is 1.14 bits per heavy atom. The highest BCUT2D eigenvalue weighted by Crippen LogP contribution is 2.33. The average Bonchev–Trinajstić information content (AvgIpc) is 2.51. The van der Waals surface area contributed by atoms with Gasteiger partial charge in [0.05, 0.1) is 5.56 Å². The highest BCUT2D eigenvalue weighted by atomic mass is 19.1. The van der Waals surface area contributed by atoms with Gasteiger partial charge >= 0.3 is 0 Å². The minimum Gasteiger partial charge on any atom is -0.361 e. The zero-order valence-corrected chi connectivity index (χ0v) is 11.8. The third-order valence-electron chi connectivity index (χ3n) is 3.69. The summed E-state index contributed by atoms with van der Waals surface area (Å²) < 4.78 is 14.1. The molecular weight excluding hydrogens is 267 g/mol. The number of anilines is 1. The Kier molecular flexibility index (Phi) is 3.60. The maximum Gasteiger partial charge on any atom is 0.257 e. The van der Waals surface area contributed by atoms with E-state index in [1.54, 1.807) is 29.2 Å². The van der Waals surface area contributed by atoms with Crippen LogP contribution in [0, 0.1) is 5.82 Å². The van der Waals surface area contributed by atoms with Crippen molar-refractivity contribution in [3.63, 3.8) is 0 Å². The maximum atomic E-state index is 14.1. The molecule has 21 heavy (non-hydrogen) atoms. The van der Waals surface area contributed by atoms with E-state index < -0.39 is 6.17 Å². The highest BCUT2D eigenvalue weighted by molar-refractivity contribution is 6.01. The molecule has 4 heteroatoms. The van der Waals surface area contributed by atoms with Gasteiger partial charge in [0, 0.05) is 17.8 Å². The number of benzene rings is 2. The molecule has 108 valence electrons. The predicted octanol–water partition coefficient (Wildman–Crippen LogP) is 3.80. The quantitative estimate of drug-likeness (QED) is 0.929. The first-order valence-electron chi connectivity index (χ1n) is 7.13. The minimum absolute atomic E-state index is 0.0561. The van der Waals surface area contributed by atoms with Gasteiger partial charge in [0.15, 0.2) is 0 Å². The van der Waals surface area contributed by atoms with Crippen LogP contribution in [0.1, 0.15) is 35.4 Å². The Morgan fingerprint density at radius 3 is 2.62 bits per heavy atom. The second-order valence-electron chi connectivity index (χ2n) is 5.11. The number of fused-ring (bicyclic) bond motifs is 1. The van der Waals surface area contributed by atoms with E-state index in [2.05, 4.69) is 5.32 Å². The lowest BCUT2D eigenvalue weighted by Crippen LogP contribution is -2.43. The Hall–Kier alpha value is -2.36. The van der Waals surface area contributed by atoms with Gasteiger partial charge in [0.1, 0.15) is 12.0 Å². The topological polar surface area (TPSA) is 32.3 Å². The molecule has 1 amide bonds. The van der Waals surface area contributed by atoms with Crippen LogP contribution in [0.3, 0.4) is 0 Å². The van der Waals surface area contributed by atoms with E-state index in [1.165, 1.54) is 6.07 Å². The van der Waals surface area contributed by atoms with Crippen molar-refractivity contribution in [3.8, 4) is 0 Å². The predicted molar refractivity (Wildman–Crippen MR) is 80.5 cm³/mol. The number of halogens is 1. The zero-order valence-electron chi connectivity index (χ0n) is 11.8. The summed E-state index contributed by atoms with van der Waals surface area (Å²) in [6.07, 6.45) is 0.356. The van der Waals surface area contributed by atoms with Crippen molar-refractivity contribution in [1.82, 2.24) is 4.90 Å². The first-order valence-corrected chi connectivity index (χ1v) is 7.13. The van der Waals surface area contributed by atoms with Crippen LogP contribution in [0.2, 0.25) is 0 Å². The summed E-state index contributed by atoms with van der Waals surface area (Å²) in [5.74, 6) is -0.359. The van der Waals surface area contributed by atoms with Crippen molar-refractivity contribution in [3.05, 3.63) is 65.5 Å². The molecule has 3 nitrogen and oxygen atoms in total. The van der Waals surface area contributed by atoms with Gasteiger partial charge in [-0.05, 0) is 24.6 Å². The summed E-state index contributed by atoms with van der Waals surface area (Å²) in [6, 6.07) is 13.9. The van der Waals surface area contributed by atoms with E-state index in [4.69, 9.17) is 0 Å². The number of nitrogens with zero attached hydrogens (tertiary/aromatic N) is 1. The Bertz CT molecular complexity index is 671. The lowest BCUT2D eigenvalue weighted by atomic mass is 10.0. The van der Waals surface area contributed by atoms with Crippen molar-refractivity contribution < 1.29 is 9.18 Å². The van der Waals surface area contributed by atoms with Crippen LogP contribution in [0.5, 0.6) is 0 Å². The number of rotatable bonds is 3. The molecule has 2 aromatic carbocycles. The van der Waals surface area contributed by atoms with E-state index in [9.17, 15) is 9.18 Å². The summed E-state index contributed by atoms with van der Waals surface area (Å²) in [5, 5.41) is 3.28. The molecule has 1 N–H and O–H groups in total. The number of para-hydroxylation sites is 1. The van der Waals surface area contributed by atoms with E-state index in [0.717, 1.165) is 12.1 Å². The molecular formula is C17H17FN2O. The number of nitrogens with one attached hydrogen (secondary N) is 1. The summed E-state index contributed by atoms with van der Waals surface area (Å²) in [4.78, 5) is 14.4. The van der Waals surface area contributed by atoms with E-state index in [1.807, 2.05) is 25.1 Å². The number of carbonyl (C=O) groups is 1. The zero-order chi connectivity index (χ0) is 14.8. The molecule has 0 spiro atoms. The van der Waals surface area contributed by atoms with Crippen molar-refractivity contribution >= 4 is 11.6 Å². The normalized spacial score (nSPS) is 17.3. The summed E-state index contributed by atoms with van der Waals surface area (Å²) >= 11 is 0. The van der Waals surface area contributed by atoms with Gasteiger partial charge in [-0.15, -0.1) is 0 Å². The Morgan fingerprint density at radius 2 is 1.86 bits per heavy atom. The molecule has 0 radical (unpaired) electrons. The molecule has 0 unspecified atom stereocenters. The van der Waals surface area contributed by atoms with Gasteiger partial charge < -0.3 is 10.2 Å². The van der Waals surface area contributed by atoms with Gasteiger partial charge in [-0.25, -0.2) is 4.39 Å². The van der Waals surface area contributed by atoms with Crippen molar-refractivity contribution in [1.29, 1.82) is 0 Å². The van der Waals surface area contributed by atoms with Crippen molar-refractivity contribution in [2.24, 2.45) is 0 Å². The molecule has 2 aromatic rings. The third-order valence-corrected chi connectivity index (χ3v) is 3.69. The van der Waals surface area contributed by atoms with Gasteiger partial charge in [-0.3, -0.25) is 4.79 Å². The second kappa shape index (κ2) is 5.56. The van der Waals surface area contributed by atoms with Gasteiger partial charge in [0.25, 0.3) is 5.91 Å². The largest absolute Gasteiger partial charge is 0.361 e.